The Morgan fingerprint density at radius 3 is 2.75 bits per heavy atom. The number of piperidine rings is 2. The Labute approximate surface area is 209 Å². The van der Waals surface area contributed by atoms with Crippen molar-refractivity contribution < 1.29 is 19.4 Å². The first-order valence-corrected chi connectivity index (χ1v) is 12.9. The maximum Gasteiger partial charge on any atom is 0.255 e. The number of para-hydroxylation sites is 1. The number of aromatic amines is 1. The predicted octanol–water partition coefficient (Wildman–Crippen LogP) is 2.65. The van der Waals surface area contributed by atoms with Crippen LogP contribution in [0.5, 0.6) is 5.75 Å². The van der Waals surface area contributed by atoms with E-state index in [9.17, 15) is 14.7 Å². The van der Waals surface area contributed by atoms with Crippen LogP contribution < -0.4 is 10.1 Å². The normalized spacial score (nSPS) is 25.2. The third kappa shape index (κ3) is 3.43. The van der Waals surface area contributed by atoms with Crippen molar-refractivity contribution in [2.45, 2.75) is 56.5 Å². The van der Waals surface area contributed by atoms with Crippen LogP contribution in [0.1, 0.15) is 52.9 Å². The van der Waals surface area contributed by atoms with Gasteiger partial charge in [0.1, 0.15) is 12.0 Å². The highest BCUT2D eigenvalue weighted by Crippen LogP contribution is 2.48. The van der Waals surface area contributed by atoms with Gasteiger partial charge in [0.2, 0.25) is 5.91 Å². The van der Waals surface area contributed by atoms with Gasteiger partial charge in [0, 0.05) is 47.3 Å². The second-order valence-corrected chi connectivity index (χ2v) is 10.8. The van der Waals surface area contributed by atoms with Gasteiger partial charge in [-0.2, -0.15) is 0 Å². The Bertz CT molecular complexity index is 1340. The van der Waals surface area contributed by atoms with Crippen LogP contribution in [0, 0.1) is 0 Å². The lowest BCUT2D eigenvalue weighted by Crippen LogP contribution is -2.55. The minimum absolute atomic E-state index is 0.0178. The Morgan fingerprint density at radius 2 is 1.94 bits per heavy atom. The van der Waals surface area contributed by atoms with E-state index in [2.05, 4.69) is 51.6 Å². The van der Waals surface area contributed by atoms with Gasteiger partial charge in [0.05, 0.1) is 12.6 Å². The van der Waals surface area contributed by atoms with Gasteiger partial charge in [0.25, 0.3) is 5.91 Å². The van der Waals surface area contributed by atoms with E-state index in [1.54, 1.807) is 4.90 Å². The molecule has 0 radical (unpaired) electrons. The van der Waals surface area contributed by atoms with Crippen molar-refractivity contribution in [3.8, 4) is 5.75 Å². The highest BCUT2D eigenvalue weighted by atomic mass is 16.5. The number of fused-ring (bicyclic) bond motifs is 4. The van der Waals surface area contributed by atoms with E-state index in [4.69, 9.17) is 4.74 Å². The van der Waals surface area contributed by atoms with Crippen LogP contribution in [-0.2, 0) is 23.3 Å². The summed E-state index contributed by atoms with van der Waals surface area (Å²) in [6.07, 6.45) is 1.80. The first-order valence-electron chi connectivity index (χ1n) is 12.9. The molecule has 5 heterocycles. The Morgan fingerprint density at radius 1 is 1.11 bits per heavy atom. The van der Waals surface area contributed by atoms with E-state index in [0.717, 1.165) is 43.8 Å². The lowest BCUT2D eigenvalue weighted by Gasteiger charge is -2.38. The Balaban J connectivity index is 1.07. The zero-order valence-corrected chi connectivity index (χ0v) is 20.1. The maximum absolute atomic E-state index is 13.2. The Kier molecular flexibility index (Phi) is 4.91. The van der Waals surface area contributed by atoms with Crippen LogP contribution in [0.4, 0.5) is 0 Å². The minimum atomic E-state index is -1.03. The smallest absolute Gasteiger partial charge is 0.255 e. The van der Waals surface area contributed by atoms with Gasteiger partial charge in [-0.1, -0.05) is 18.2 Å². The fraction of sp³-hybridized carbons (Fsp3) is 0.429. The van der Waals surface area contributed by atoms with Crippen LogP contribution in [0.25, 0.3) is 10.9 Å². The van der Waals surface area contributed by atoms with Crippen LogP contribution in [0.2, 0.25) is 0 Å². The molecule has 3 aromatic rings. The van der Waals surface area contributed by atoms with Gasteiger partial charge in [-0.05, 0) is 67.6 Å². The summed E-state index contributed by atoms with van der Waals surface area (Å²) < 4.78 is 6.17. The first-order chi connectivity index (χ1) is 17.5. The molecule has 3 N–H and O–H groups in total. The topological polar surface area (TPSA) is 97.9 Å². The number of nitrogens with zero attached hydrogens (tertiary/aromatic N) is 2. The minimum Gasteiger partial charge on any atom is -0.492 e. The van der Waals surface area contributed by atoms with E-state index in [0.29, 0.717) is 31.6 Å². The largest absolute Gasteiger partial charge is 0.492 e. The van der Waals surface area contributed by atoms with Crippen molar-refractivity contribution in [2.75, 3.05) is 19.7 Å². The molecule has 7 rings (SSSR count). The molecule has 2 atom stereocenters. The fourth-order valence-corrected chi connectivity index (χ4v) is 6.57. The summed E-state index contributed by atoms with van der Waals surface area (Å²) in [6.45, 7) is 4.02. The van der Waals surface area contributed by atoms with Gasteiger partial charge in [-0.3, -0.25) is 14.5 Å². The highest BCUT2D eigenvalue weighted by Gasteiger charge is 2.46. The number of aromatic nitrogens is 1. The second kappa shape index (κ2) is 8.08. The molecule has 1 spiro atoms. The van der Waals surface area contributed by atoms with Crippen molar-refractivity contribution >= 4 is 22.7 Å². The van der Waals surface area contributed by atoms with Crippen LogP contribution >= 0.6 is 0 Å². The van der Waals surface area contributed by atoms with E-state index in [-0.39, 0.29) is 17.2 Å². The molecule has 2 aromatic carbocycles. The number of likely N-dealkylation sites (tertiary alicyclic amines) is 1. The summed E-state index contributed by atoms with van der Waals surface area (Å²) in [6, 6.07) is 14.3. The number of aliphatic hydroxyl groups is 1. The van der Waals surface area contributed by atoms with E-state index in [1.807, 2.05) is 6.07 Å². The monoisotopic (exact) mass is 486 g/mol. The highest BCUT2D eigenvalue weighted by molar-refractivity contribution is 5.99. The molecule has 2 fully saturated rings. The SMILES string of the molecule is O=C1CCC(N2Cc3cc4c(cc3C2=O)OCC42CCN(Cc3cc4ccccc4[nH]3)CC2)C(O)N1. The zero-order chi connectivity index (χ0) is 24.4. The van der Waals surface area contributed by atoms with Crippen LogP contribution in [0.3, 0.4) is 0 Å². The first kappa shape index (κ1) is 21.9. The molecule has 4 aliphatic heterocycles. The number of hydrogen-bond donors (Lipinski definition) is 3. The molecule has 186 valence electrons. The van der Waals surface area contributed by atoms with E-state index < -0.39 is 12.3 Å². The molecular weight excluding hydrogens is 456 g/mol. The number of carbonyl (C=O) groups is 2. The van der Waals surface area contributed by atoms with Gasteiger partial charge < -0.3 is 25.0 Å². The molecule has 2 unspecified atom stereocenters. The van der Waals surface area contributed by atoms with Gasteiger partial charge in [0.15, 0.2) is 0 Å². The number of benzene rings is 2. The zero-order valence-electron chi connectivity index (χ0n) is 20.1. The molecule has 0 bridgehead atoms. The summed E-state index contributed by atoms with van der Waals surface area (Å²) >= 11 is 0. The molecule has 0 aliphatic carbocycles. The molecule has 1 aromatic heterocycles. The average Bonchev–Trinajstić information content (AvgIpc) is 3.53. The molecule has 2 amide bonds. The van der Waals surface area contributed by atoms with Crippen LogP contribution in [0.15, 0.2) is 42.5 Å². The second-order valence-electron chi connectivity index (χ2n) is 10.8. The fourth-order valence-electron chi connectivity index (χ4n) is 6.57. The number of amides is 2. The summed E-state index contributed by atoms with van der Waals surface area (Å²) in [7, 11) is 0. The maximum atomic E-state index is 13.2. The average molecular weight is 487 g/mol. The third-order valence-electron chi connectivity index (χ3n) is 8.65. The van der Waals surface area contributed by atoms with Gasteiger partial charge in [-0.25, -0.2) is 0 Å². The van der Waals surface area contributed by atoms with E-state index >= 15 is 0 Å². The van der Waals surface area contributed by atoms with Gasteiger partial charge in [-0.15, -0.1) is 0 Å². The quantitative estimate of drug-likeness (QED) is 0.529. The van der Waals surface area contributed by atoms with E-state index in [1.165, 1.54) is 22.2 Å². The molecule has 36 heavy (non-hydrogen) atoms. The summed E-state index contributed by atoms with van der Waals surface area (Å²) in [5.41, 5.74) is 5.28. The molecule has 8 heteroatoms. The van der Waals surface area contributed by atoms with Crippen molar-refractivity contribution in [1.29, 1.82) is 0 Å². The standard InChI is InChI=1S/C28H30N4O4/c33-25-6-5-23(26(34)30-25)32-14-18-12-21-24(13-20(18)27(32)35)36-16-28(21)7-9-31(10-8-28)15-19-11-17-3-1-2-4-22(17)29-19/h1-4,11-13,23,26,29,34H,5-10,14-16H2,(H,30,33). The van der Waals surface area contributed by atoms with Crippen molar-refractivity contribution in [2.24, 2.45) is 0 Å². The van der Waals surface area contributed by atoms with Gasteiger partial charge >= 0.3 is 0 Å². The molecule has 2 saturated heterocycles. The Hall–Kier alpha value is -3.36. The van der Waals surface area contributed by atoms with Crippen molar-refractivity contribution in [3.05, 3.63) is 64.8 Å². The number of hydrogen-bond acceptors (Lipinski definition) is 5. The number of ether oxygens (including phenoxy) is 1. The number of H-pyrrole nitrogens is 1. The molecule has 8 nitrogen and oxygen atoms in total. The lowest BCUT2D eigenvalue weighted by molar-refractivity contribution is -0.129. The summed E-state index contributed by atoms with van der Waals surface area (Å²) in [5, 5.41) is 14.2. The molecule has 4 aliphatic rings. The molecular formula is C28H30N4O4. The number of rotatable bonds is 3. The lowest BCUT2D eigenvalue weighted by atomic mass is 9.74. The third-order valence-corrected chi connectivity index (χ3v) is 8.65. The molecule has 0 saturated carbocycles. The summed E-state index contributed by atoms with van der Waals surface area (Å²) in [5.74, 6) is 0.560. The van der Waals surface area contributed by atoms with Crippen LogP contribution in [-0.4, -0.2) is 63.7 Å². The summed E-state index contributed by atoms with van der Waals surface area (Å²) in [4.78, 5) is 32.6. The number of nitrogens with one attached hydrogen (secondary N) is 2. The number of aliphatic hydroxyl groups excluding tert-OH is 1. The van der Waals surface area contributed by atoms with Crippen molar-refractivity contribution in [1.82, 2.24) is 20.1 Å². The predicted molar refractivity (Wildman–Crippen MR) is 133 cm³/mol. The van der Waals surface area contributed by atoms with Crippen molar-refractivity contribution in [3.63, 3.8) is 0 Å². The number of carbonyl (C=O) groups excluding carboxylic acids is 2.